The fraction of sp³-hybridized carbons (Fsp3) is 0.458. The Bertz CT molecular complexity index is 925. The van der Waals surface area contributed by atoms with Crippen LogP contribution >= 0.6 is 0 Å². The van der Waals surface area contributed by atoms with Crippen LogP contribution in [0.25, 0.3) is 10.8 Å². The molecule has 3 amide bonds. The van der Waals surface area contributed by atoms with Gasteiger partial charge in [0.1, 0.15) is 12.1 Å². The first-order chi connectivity index (χ1) is 15.3. The molecule has 0 heterocycles. The van der Waals surface area contributed by atoms with Crippen molar-refractivity contribution in [1.82, 2.24) is 16.0 Å². The number of rotatable bonds is 11. The van der Waals surface area contributed by atoms with Gasteiger partial charge < -0.3 is 27.0 Å². The van der Waals surface area contributed by atoms with Crippen molar-refractivity contribution >= 4 is 34.2 Å². The molecular formula is C24H35N5O3. The van der Waals surface area contributed by atoms with E-state index in [0.29, 0.717) is 25.1 Å². The molecule has 0 saturated carbocycles. The summed E-state index contributed by atoms with van der Waals surface area (Å²) in [7, 11) is 1.68. The minimum atomic E-state index is -0.773. The molecule has 2 aromatic carbocycles. The monoisotopic (exact) mass is 441 g/mol. The van der Waals surface area contributed by atoms with Gasteiger partial charge in [0, 0.05) is 11.1 Å². The van der Waals surface area contributed by atoms with Crippen molar-refractivity contribution in [3.05, 3.63) is 42.5 Å². The Hall–Kier alpha value is -2.97. The molecule has 0 aliphatic rings. The summed E-state index contributed by atoms with van der Waals surface area (Å²) in [6.45, 7) is 5.81. The molecule has 0 unspecified atom stereocenters. The van der Waals surface area contributed by atoms with E-state index in [9.17, 15) is 14.4 Å². The molecule has 32 heavy (non-hydrogen) atoms. The predicted molar refractivity (Wildman–Crippen MR) is 128 cm³/mol. The Morgan fingerprint density at radius 1 is 0.906 bits per heavy atom. The van der Waals surface area contributed by atoms with Crippen LogP contribution < -0.4 is 27.0 Å². The minimum Gasteiger partial charge on any atom is -0.343 e. The van der Waals surface area contributed by atoms with Crippen LogP contribution in [0.15, 0.2) is 42.5 Å². The number of hydrogen-bond donors (Lipinski definition) is 5. The van der Waals surface area contributed by atoms with Crippen molar-refractivity contribution in [3.8, 4) is 0 Å². The fourth-order valence-corrected chi connectivity index (χ4v) is 3.35. The number of carbonyl (C=O) groups is 3. The maximum atomic E-state index is 13.1. The van der Waals surface area contributed by atoms with E-state index in [0.717, 1.165) is 10.8 Å². The third-order valence-electron chi connectivity index (χ3n) is 5.45. The van der Waals surface area contributed by atoms with Gasteiger partial charge in [-0.2, -0.15) is 0 Å². The molecule has 0 spiro atoms. The molecule has 0 aromatic heterocycles. The second-order valence-corrected chi connectivity index (χ2v) is 8.25. The number of fused-ring (bicyclic) bond motifs is 1. The summed E-state index contributed by atoms with van der Waals surface area (Å²) in [4.78, 5) is 38.4. The highest BCUT2D eigenvalue weighted by Gasteiger charge is 2.29. The third kappa shape index (κ3) is 6.77. The molecule has 0 saturated heterocycles. The summed E-state index contributed by atoms with van der Waals surface area (Å²) in [5.74, 6) is -1.15. The van der Waals surface area contributed by atoms with Crippen LogP contribution in [0.1, 0.15) is 33.6 Å². The Balaban J connectivity index is 2.17. The van der Waals surface area contributed by atoms with Crippen molar-refractivity contribution in [2.75, 3.05) is 18.9 Å². The highest BCUT2D eigenvalue weighted by Crippen LogP contribution is 2.23. The zero-order chi connectivity index (χ0) is 23.7. The van der Waals surface area contributed by atoms with Crippen LogP contribution in [0.3, 0.4) is 0 Å². The average molecular weight is 442 g/mol. The van der Waals surface area contributed by atoms with E-state index in [2.05, 4.69) is 21.3 Å². The molecule has 0 aliphatic heterocycles. The second kappa shape index (κ2) is 12.2. The number of anilines is 1. The summed E-state index contributed by atoms with van der Waals surface area (Å²) in [6, 6.07) is 11.5. The lowest BCUT2D eigenvalue weighted by molar-refractivity contribution is -0.132. The number of likely N-dealkylation sites (N-methyl/N-ethyl adjacent to an activating group) is 1. The summed E-state index contributed by atoms with van der Waals surface area (Å²) in [6.07, 6.45) is 0.966. The molecule has 0 bridgehead atoms. The van der Waals surface area contributed by atoms with Gasteiger partial charge in [0.2, 0.25) is 17.7 Å². The first-order valence-electron chi connectivity index (χ1n) is 11.0. The van der Waals surface area contributed by atoms with E-state index in [-0.39, 0.29) is 17.7 Å². The largest absolute Gasteiger partial charge is 0.343 e. The number of nitrogens with two attached hydrogens (primary N) is 1. The van der Waals surface area contributed by atoms with Gasteiger partial charge >= 0.3 is 0 Å². The SMILES string of the molecule is CN[C@@H](C)C(=O)N[C@H](C(=O)N[C@@H](CCCN)C(=O)Nc1cccc2ccccc12)C(C)C. The van der Waals surface area contributed by atoms with Crippen LogP contribution in [-0.4, -0.2) is 49.4 Å². The van der Waals surface area contributed by atoms with Crippen LogP contribution in [0.4, 0.5) is 5.69 Å². The van der Waals surface area contributed by atoms with E-state index >= 15 is 0 Å². The summed E-state index contributed by atoms with van der Waals surface area (Å²) in [5.41, 5.74) is 6.33. The highest BCUT2D eigenvalue weighted by atomic mass is 16.2. The smallest absolute Gasteiger partial charge is 0.246 e. The molecule has 3 atom stereocenters. The van der Waals surface area contributed by atoms with Crippen molar-refractivity contribution in [3.63, 3.8) is 0 Å². The van der Waals surface area contributed by atoms with Gasteiger partial charge in [-0.1, -0.05) is 50.2 Å². The highest BCUT2D eigenvalue weighted by molar-refractivity contribution is 6.05. The number of carbonyl (C=O) groups excluding carboxylic acids is 3. The number of amides is 3. The zero-order valence-electron chi connectivity index (χ0n) is 19.3. The van der Waals surface area contributed by atoms with E-state index in [4.69, 9.17) is 5.73 Å². The third-order valence-corrected chi connectivity index (χ3v) is 5.45. The van der Waals surface area contributed by atoms with Gasteiger partial charge in [0.15, 0.2) is 0 Å². The molecule has 8 heteroatoms. The minimum absolute atomic E-state index is 0.153. The summed E-state index contributed by atoms with van der Waals surface area (Å²) >= 11 is 0. The van der Waals surface area contributed by atoms with Gasteiger partial charge in [-0.25, -0.2) is 0 Å². The molecule has 0 radical (unpaired) electrons. The quantitative estimate of drug-likeness (QED) is 0.363. The molecule has 6 N–H and O–H groups in total. The van der Waals surface area contributed by atoms with Crippen molar-refractivity contribution in [1.29, 1.82) is 0 Å². The average Bonchev–Trinajstić information content (AvgIpc) is 2.79. The fourth-order valence-electron chi connectivity index (χ4n) is 3.35. The molecular weight excluding hydrogens is 406 g/mol. The number of nitrogens with one attached hydrogen (secondary N) is 4. The van der Waals surface area contributed by atoms with Gasteiger partial charge in [-0.15, -0.1) is 0 Å². The van der Waals surface area contributed by atoms with E-state index in [1.165, 1.54) is 0 Å². The summed E-state index contributed by atoms with van der Waals surface area (Å²) in [5, 5.41) is 13.3. The van der Waals surface area contributed by atoms with Crippen molar-refractivity contribution < 1.29 is 14.4 Å². The van der Waals surface area contributed by atoms with E-state index < -0.39 is 24.0 Å². The van der Waals surface area contributed by atoms with E-state index in [1.54, 1.807) is 14.0 Å². The van der Waals surface area contributed by atoms with Crippen LogP contribution in [-0.2, 0) is 14.4 Å². The maximum Gasteiger partial charge on any atom is 0.246 e. The lowest BCUT2D eigenvalue weighted by Gasteiger charge is -2.26. The first kappa shape index (κ1) is 25.3. The predicted octanol–water partition coefficient (Wildman–Crippen LogP) is 1.75. The summed E-state index contributed by atoms with van der Waals surface area (Å²) < 4.78 is 0. The standard InChI is InChI=1S/C24H35N5O3/c1-15(2)21(29-22(30)16(3)26-4)24(32)28-20(13-8-14-25)23(31)27-19-12-7-10-17-9-5-6-11-18(17)19/h5-7,9-12,15-16,20-21,26H,8,13-14,25H2,1-4H3,(H,27,31)(H,28,32)(H,29,30)/t16-,20-,21-/m0/s1. The van der Waals surface area contributed by atoms with Gasteiger partial charge in [-0.05, 0) is 50.7 Å². The zero-order valence-corrected chi connectivity index (χ0v) is 19.3. The van der Waals surface area contributed by atoms with Crippen LogP contribution in [0.2, 0.25) is 0 Å². The van der Waals surface area contributed by atoms with Crippen LogP contribution in [0, 0.1) is 5.92 Å². The van der Waals surface area contributed by atoms with Crippen LogP contribution in [0.5, 0.6) is 0 Å². The van der Waals surface area contributed by atoms with Gasteiger partial charge in [0.05, 0.1) is 6.04 Å². The molecule has 0 aliphatic carbocycles. The lowest BCUT2D eigenvalue weighted by atomic mass is 10.0. The Morgan fingerprint density at radius 3 is 2.25 bits per heavy atom. The molecule has 2 aromatic rings. The molecule has 174 valence electrons. The maximum absolute atomic E-state index is 13.1. The topological polar surface area (TPSA) is 125 Å². The Labute approximate surface area is 189 Å². The molecule has 8 nitrogen and oxygen atoms in total. The molecule has 2 rings (SSSR count). The normalized spacial score (nSPS) is 13.9. The number of hydrogen-bond acceptors (Lipinski definition) is 5. The van der Waals surface area contributed by atoms with Gasteiger partial charge in [-0.3, -0.25) is 14.4 Å². The van der Waals surface area contributed by atoms with Crippen molar-refractivity contribution in [2.45, 2.75) is 51.7 Å². The van der Waals surface area contributed by atoms with Crippen molar-refractivity contribution in [2.24, 2.45) is 11.7 Å². The number of benzene rings is 2. The van der Waals surface area contributed by atoms with Gasteiger partial charge in [0.25, 0.3) is 0 Å². The Kier molecular flexibility index (Phi) is 9.61. The lowest BCUT2D eigenvalue weighted by Crippen LogP contribution is -2.56. The van der Waals surface area contributed by atoms with E-state index in [1.807, 2.05) is 56.3 Å². The first-order valence-corrected chi connectivity index (χ1v) is 11.0. The Morgan fingerprint density at radius 2 is 1.59 bits per heavy atom. The second-order valence-electron chi connectivity index (χ2n) is 8.25. The molecule has 0 fully saturated rings.